The third-order valence-electron chi connectivity index (χ3n) is 5.42. The number of ether oxygens (including phenoxy) is 1. The van der Waals surface area contributed by atoms with Gasteiger partial charge < -0.3 is 14.1 Å². The lowest BCUT2D eigenvalue weighted by Crippen LogP contribution is -2.47. The topological polar surface area (TPSA) is 58.8 Å². The molecule has 0 bridgehead atoms. The van der Waals surface area contributed by atoms with Crippen LogP contribution in [0.15, 0.2) is 34.9 Å². The molecule has 3 heterocycles. The van der Waals surface area contributed by atoms with Crippen LogP contribution in [0.2, 0.25) is 5.02 Å². The number of nitrogens with zero attached hydrogens (tertiary/aromatic N) is 3. The molecule has 0 radical (unpaired) electrons. The zero-order valence-electron chi connectivity index (χ0n) is 16.0. The number of benzene rings is 1. The standard InChI is InChI=1S/C21H26ClN3O3/c22-18-5-1-3-16(11-18)12-19-13-23-21(28-19)17-4-2-6-25(14-17)20(26)15-24-7-9-27-10-8-24/h1,3,5,11,13,17H,2,4,6-10,12,14-15H2/t17-/m1/s1. The molecule has 4 rings (SSSR count). The molecule has 1 atom stereocenters. The molecular weight excluding hydrogens is 378 g/mol. The van der Waals surface area contributed by atoms with Crippen LogP contribution in [0.3, 0.4) is 0 Å². The van der Waals surface area contributed by atoms with Gasteiger partial charge >= 0.3 is 0 Å². The molecule has 28 heavy (non-hydrogen) atoms. The molecule has 150 valence electrons. The number of likely N-dealkylation sites (tertiary alicyclic amines) is 1. The van der Waals surface area contributed by atoms with Crippen LogP contribution >= 0.6 is 11.6 Å². The highest BCUT2D eigenvalue weighted by molar-refractivity contribution is 6.30. The minimum absolute atomic E-state index is 0.163. The van der Waals surface area contributed by atoms with Crippen LogP contribution in [0.4, 0.5) is 0 Å². The largest absolute Gasteiger partial charge is 0.445 e. The van der Waals surface area contributed by atoms with Gasteiger partial charge in [0.25, 0.3) is 0 Å². The molecule has 1 amide bonds. The lowest BCUT2D eigenvalue weighted by atomic mass is 9.98. The van der Waals surface area contributed by atoms with Crippen LogP contribution in [0.25, 0.3) is 0 Å². The van der Waals surface area contributed by atoms with E-state index < -0.39 is 0 Å². The summed E-state index contributed by atoms with van der Waals surface area (Å²) in [7, 11) is 0. The minimum atomic E-state index is 0.163. The third kappa shape index (κ3) is 4.93. The Labute approximate surface area is 170 Å². The number of aromatic nitrogens is 1. The Morgan fingerprint density at radius 3 is 2.93 bits per heavy atom. The van der Waals surface area contributed by atoms with Gasteiger partial charge in [-0.2, -0.15) is 0 Å². The SMILES string of the molecule is O=C(CN1CCOCC1)N1CCC[C@@H](c2ncc(Cc3cccc(Cl)c3)o2)C1. The van der Waals surface area contributed by atoms with Crippen molar-refractivity contribution in [3.05, 3.63) is 52.7 Å². The van der Waals surface area contributed by atoms with Crippen LogP contribution in [0, 0.1) is 0 Å². The summed E-state index contributed by atoms with van der Waals surface area (Å²) in [4.78, 5) is 21.3. The van der Waals surface area contributed by atoms with E-state index in [0.717, 1.165) is 54.7 Å². The molecule has 0 N–H and O–H groups in total. The maximum atomic E-state index is 12.7. The highest BCUT2D eigenvalue weighted by Crippen LogP contribution is 2.27. The highest BCUT2D eigenvalue weighted by atomic mass is 35.5. The molecule has 2 aliphatic rings. The number of hydrogen-bond donors (Lipinski definition) is 0. The Hall–Kier alpha value is -1.89. The molecule has 0 aliphatic carbocycles. The van der Waals surface area contributed by atoms with Gasteiger partial charge in [0.15, 0.2) is 5.89 Å². The van der Waals surface area contributed by atoms with Crippen LogP contribution in [-0.2, 0) is 16.0 Å². The summed E-state index contributed by atoms with van der Waals surface area (Å²) >= 11 is 6.06. The van der Waals surface area contributed by atoms with Crippen molar-refractivity contribution >= 4 is 17.5 Å². The smallest absolute Gasteiger partial charge is 0.236 e. The van der Waals surface area contributed by atoms with Crippen molar-refractivity contribution in [3.8, 4) is 0 Å². The number of halogens is 1. The van der Waals surface area contributed by atoms with Gasteiger partial charge in [-0.3, -0.25) is 9.69 Å². The monoisotopic (exact) mass is 403 g/mol. The number of carbonyl (C=O) groups excluding carboxylic acids is 1. The Morgan fingerprint density at radius 1 is 1.25 bits per heavy atom. The summed E-state index contributed by atoms with van der Waals surface area (Å²) in [5.41, 5.74) is 1.10. The average molecular weight is 404 g/mol. The van der Waals surface area contributed by atoms with Crippen molar-refractivity contribution in [2.45, 2.75) is 25.2 Å². The van der Waals surface area contributed by atoms with Gasteiger partial charge in [-0.15, -0.1) is 0 Å². The Kier molecular flexibility index (Phi) is 6.29. The number of hydrogen-bond acceptors (Lipinski definition) is 5. The summed E-state index contributed by atoms with van der Waals surface area (Å²) in [5.74, 6) is 1.92. The Morgan fingerprint density at radius 2 is 2.11 bits per heavy atom. The fourth-order valence-corrected chi connectivity index (χ4v) is 4.11. The first-order valence-electron chi connectivity index (χ1n) is 9.94. The number of carbonyl (C=O) groups is 1. The molecule has 7 heteroatoms. The number of piperidine rings is 1. The minimum Gasteiger partial charge on any atom is -0.445 e. The molecule has 0 saturated carbocycles. The van der Waals surface area contributed by atoms with E-state index >= 15 is 0 Å². The molecule has 2 saturated heterocycles. The zero-order valence-corrected chi connectivity index (χ0v) is 16.7. The summed E-state index contributed by atoms with van der Waals surface area (Å²) < 4.78 is 11.4. The summed E-state index contributed by atoms with van der Waals surface area (Å²) in [5, 5.41) is 0.721. The van der Waals surface area contributed by atoms with Crippen molar-refractivity contribution in [3.63, 3.8) is 0 Å². The quantitative estimate of drug-likeness (QED) is 0.768. The van der Waals surface area contributed by atoms with Crippen molar-refractivity contribution in [1.82, 2.24) is 14.8 Å². The van der Waals surface area contributed by atoms with E-state index in [4.69, 9.17) is 20.8 Å². The van der Waals surface area contributed by atoms with E-state index in [1.807, 2.05) is 29.2 Å². The fraction of sp³-hybridized carbons (Fsp3) is 0.524. The molecule has 2 fully saturated rings. The molecule has 0 unspecified atom stereocenters. The first kappa shape index (κ1) is 19.4. The normalized spacial score (nSPS) is 21.0. The van der Waals surface area contributed by atoms with Gasteiger partial charge in [0.2, 0.25) is 5.91 Å². The highest BCUT2D eigenvalue weighted by Gasteiger charge is 2.28. The van der Waals surface area contributed by atoms with Crippen molar-refractivity contribution < 1.29 is 13.9 Å². The molecule has 1 aromatic carbocycles. The second kappa shape index (κ2) is 9.07. The van der Waals surface area contributed by atoms with E-state index in [0.29, 0.717) is 32.7 Å². The summed E-state index contributed by atoms with van der Waals surface area (Å²) in [6, 6.07) is 7.77. The van der Waals surface area contributed by atoms with Gasteiger partial charge in [-0.25, -0.2) is 4.98 Å². The van der Waals surface area contributed by atoms with Crippen molar-refractivity contribution in [2.24, 2.45) is 0 Å². The maximum Gasteiger partial charge on any atom is 0.236 e. The average Bonchev–Trinajstić information content (AvgIpc) is 3.17. The van der Waals surface area contributed by atoms with Gasteiger partial charge in [0.05, 0.1) is 31.9 Å². The van der Waals surface area contributed by atoms with Crippen LogP contribution in [0.5, 0.6) is 0 Å². The van der Waals surface area contributed by atoms with Gasteiger partial charge in [-0.05, 0) is 30.5 Å². The zero-order chi connectivity index (χ0) is 19.3. The molecule has 2 aliphatic heterocycles. The maximum absolute atomic E-state index is 12.7. The molecule has 1 aromatic heterocycles. The molecule has 6 nitrogen and oxygen atoms in total. The summed E-state index contributed by atoms with van der Waals surface area (Å²) in [6.45, 7) is 5.05. The van der Waals surface area contributed by atoms with Crippen molar-refractivity contribution in [2.75, 3.05) is 45.9 Å². The molecule has 0 spiro atoms. The van der Waals surface area contributed by atoms with E-state index in [1.165, 1.54) is 0 Å². The lowest BCUT2D eigenvalue weighted by molar-refractivity contribution is -0.134. The predicted molar refractivity (Wildman–Crippen MR) is 107 cm³/mol. The predicted octanol–water partition coefficient (Wildman–Crippen LogP) is 2.96. The van der Waals surface area contributed by atoms with Crippen LogP contribution in [-0.4, -0.2) is 66.6 Å². The first-order valence-corrected chi connectivity index (χ1v) is 10.3. The fourth-order valence-electron chi connectivity index (χ4n) is 3.90. The van der Waals surface area contributed by atoms with Crippen LogP contribution < -0.4 is 0 Å². The Bertz CT molecular complexity index is 804. The van der Waals surface area contributed by atoms with E-state index in [9.17, 15) is 4.79 Å². The van der Waals surface area contributed by atoms with Gasteiger partial charge in [0.1, 0.15) is 5.76 Å². The number of amides is 1. The Balaban J connectivity index is 1.35. The molecule has 2 aromatic rings. The molecular formula is C21H26ClN3O3. The van der Waals surface area contributed by atoms with Crippen LogP contribution in [0.1, 0.15) is 36.0 Å². The van der Waals surface area contributed by atoms with E-state index in [-0.39, 0.29) is 11.8 Å². The first-order chi connectivity index (χ1) is 13.7. The summed E-state index contributed by atoms with van der Waals surface area (Å²) in [6.07, 6.45) is 4.44. The number of oxazole rings is 1. The second-order valence-corrected chi connectivity index (χ2v) is 7.98. The van der Waals surface area contributed by atoms with Gasteiger partial charge in [-0.1, -0.05) is 23.7 Å². The van der Waals surface area contributed by atoms with Gasteiger partial charge in [0, 0.05) is 37.6 Å². The number of morpholine rings is 1. The third-order valence-corrected chi connectivity index (χ3v) is 5.66. The number of rotatable bonds is 5. The van der Waals surface area contributed by atoms with E-state index in [1.54, 1.807) is 6.20 Å². The van der Waals surface area contributed by atoms with Crippen molar-refractivity contribution in [1.29, 1.82) is 0 Å². The lowest BCUT2D eigenvalue weighted by Gasteiger charge is -2.34. The second-order valence-electron chi connectivity index (χ2n) is 7.54. The van der Waals surface area contributed by atoms with E-state index in [2.05, 4.69) is 9.88 Å².